The van der Waals surface area contributed by atoms with Crippen LogP contribution >= 0.6 is 11.8 Å². The average Bonchev–Trinajstić information content (AvgIpc) is 2.85. The summed E-state index contributed by atoms with van der Waals surface area (Å²) in [6.07, 6.45) is 28.3. The summed E-state index contributed by atoms with van der Waals surface area (Å²) < 4.78 is 5.54. The Bertz CT molecular complexity index is 483. The summed E-state index contributed by atoms with van der Waals surface area (Å²) >= 11 is 1.77. The van der Waals surface area contributed by atoms with Gasteiger partial charge in [0, 0.05) is 11.7 Å². The summed E-state index contributed by atoms with van der Waals surface area (Å²) in [5.74, 6) is -0.00744. The third-order valence-electron chi connectivity index (χ3n) is 6.92. The van der Waals surface area contributed by atoms with Gasteiger partial charge in [0.2, 0.25) is 0 Å². The molecule has 0 aliphatic carbocycles. The summed E-state index contributed by atoms with van der Waals surface area (Å²) in [5, 5.41) is 9.13. The number of carboxylic acids is 1. The van der Waals surface area contributed by atoms with Crippen LogP contribution in [-0.2, 0) is 14.3 Å². The van der Waals surface area contributed by atoms with Crippen molar-refractivity contribution in [3.63, 3.8) is 0 Å². The minimum Gasteiger partial charge on any atom is -0.481 e. The summed E-state index contributed by atoms with van der Waals surface area (Å²) in [6, 6.07) is 0. The van der Waals surface area contributed by atoms with Crippen LogP contribution in [-0.4, -0.2) is 34.7 Å². The molecule has 1 atom stereocenters. The summed E-state index contributed by atoms with van der Waals surface area (Å²) in [4.78, 5) is 23.2. The fraction of sp³-hybridized carbons (Fsp3) is 0.935. The maximum absolute atomic E-state index is 12.4. The first-order valence-electron chi connectivity index (χ1n) is 15.6. The lowest BCUT2D eigenvalue weighted by Gasteiger charge is -2.16. The van der Waals surface area contributed by atoms with Crippen molar-refractivity contribution in [1.29, 1.82) is 0 Å². The Morgan fingerprint density at radius 3 is 1.56 bits per heavy atom. The van der Waals surface area contributed by atoms with E-state index in [1.807, 2.05) is 0 Å². The number of carbonyl (C=O) groups excluding carboxylic acids is 1. The first kappa shape index (κ1) is 35.3. The highest BCUT2D eigenvalue weighted by atomic mass is 32.2. The Morgan fingerprint density at radius 1 is 0.639 bits per heavy atom. The van der Waals surface area contributed by atoms with E-state index >= 15 is 0 Å². The van der Waals surface area contributed by atoms with Gasteiger partial charge in [-0.15, -0.1) is 0 Å². The van der Waals surface area contributed by atoms with Crippen molar-refractivity contribution in [2.24, 2.45) is 0 Å². The van der Waals surface area contributed by atoms with Crippen LogP contribution in [0.25, 0.3) is 0 Å². The Balaban J connectivity index is 3.92. The van der Waals surface area contributed by atoms with Gasteiger partial charge in [-0.25, -0.2) is 0 Å². The van der Waals surface area contributed by atoms with Gasteiger partial charge in [-0.2, -0.15) is 11.8 Å². The van der Waals surface area contributed by atoms with E-state index in [9.17, 15) is 9.59 Å². The smallest absolute Gasteiger partial charge is 0.306 e. The summed E-state index contributed by atoms with van der Waals surface area (Å²) in [7, 11) is 0. The monoisotopic (exact) mass is 528 g/mol. The van der Waals surface area contributed by atoms with Crippen molar-refractivity contribution in [3.8, 4) is 0 Å². The van der Waals surface area contributed by atoms with Crippen molar-refractivity contribution < 1.29 is 19.4 Å². The number of aliphatic carboxylic acids is 1. The number of carbonyl (C=O) groups is 2. The molecule has 1 unspecified atom stereocenters. The molecule has 36 heavy (non-hydrogen) atoms. The molecule has 0 saturated heterocycles. The molecule has 0 aromatic heterocycles. The standard InChI is InChI=1S/C31H60O4S/c1-3-5-7-9-11-13-15-17-19-21-24-29(36-27-23-25-30(32)33)28-31(34)35-26-22-20-18-16-14-12-10-8-6-4-2/h29H,3-28H2,1-2H3,(H,32,33). The second-order valence-corrected chi connectivity index (χ2v) is 12.0. The van der Waals surface area contributed by atoms with E-state index in [4.69, 9.17) is 9.84 Å². The molecule has 214 valence electrons. The second-order valence-electron chi connectivity index (χ2n) is 10.6. The molecule has 0 rings (SSSR count). The number of hydrogen-bond acceptors (Lipinski definition) is 4. The quantitative estimate of drug-likeness (QED) is 0.0772. The predicted octanol–water partition coefficient (Wildman–Crippen LogP) is 10.1. The van der Waals surface area contributed by atoms with E-state index in [2.05, 4.69) is 13.8 Å². The van der Waals surface area contributed by atoms with Gasteiger partial charge in [0.25, 0.3) is 0 Å². The largest absolute Gasteiger partial charge is 0.481 e. The average molecular weight is 529 g/mol. The highest BCUT2D eigenvalue weighted by Gasteiger charge is 2.15. The van der Waals surface area contributed by atoms with Gasteiger partial charge in [-0.1, -0.05) is 136 Å². The summed E-state index contributed by atoms with van der Waals surface area (Å²) in [6.45, 7) is 5.06. The predicted molar refractivity (Wildman–Crippen MR) is 157 cm³/mol. The van der Waals surface area contributed by atoms with Gasteiger partial charge in [-0.3, -0.25) is 9.59 Å². The van der Waals surface area contributed by atoms with Crippen molar-refractivity contribution in [2.45, 2.75) is 173 Å². The van der Waals surface area contributed by atoms with Crippen LogP contribution in [0.4, 0.5) is 0 Å². The molecule has 1 N–H and O–H groups in total. The van der Waals surface area contributed by atoms with Gasteiger partial charge in [0.15, 0.2) is 0 Å². The number of thioether (sulfide) groups is 1. The first-order valence-corrected chi connectivity index (χ1v) is 16.6. The zero-order valence-electron chi connectivity index (χ0n) is 24.0. The molecule has 0 aromatic carbocycles. The number of hydrogen-bond donors (Lipinski definition) is 1. The maximum atomic E-state index is 12.4. The third kappa shape index (κ3) is 27.9. The minimum absolute atomic E-state index is 0.0752. The molecule has 5 heteroatoms. The molecular formula is C31H60O4S. The molecular weight excluding hydrogens is 468 g/mol. The molecule has 0 bridgehead atoms. The SMILES string of the molecule is CCCCCCCCCCCCOC(=O)CC(CCCCCCCCCCCC)SCCCC(=O)O. The van der Waals surface area contributed by atoms with Gasteiger partial charge >= 0.3 is 11.9 Å². The first-order chi connectivity index (χ1) is 17.6. The highest BCUT2D eigenvalue weighted by Crippen LogP contribution is 2.24. The lowest BCUT2D eigenvalue weighted by atomic mass is 10.0. The molecule has 0 aliphatic heterocycles. The van der Waals surface area contributed by atoms with E-state index in [0.717, 1.165) is 31.4 Å². The van der Waals surface area contributed by atoms with Gasteiger partial charge < -0.3 is 9.84 Å². The number of esters is 1. The molecule has 0 spiro atoms. The third-order valence-corrected chi connectivity index (χ3v) is 8.32. The number of rotatable bonds is 29. The van der Waals surface area contributed by atoms with Crippen LogP contribution in [0.1, 0.15) is 168 Å². The van der Waals surface area contributed by atoms with Gasteiger partial charge in [0.05, 0.1) is 13.0 Å². The van der Waals surface area contributed by atoms with Crippen molar-refractivity contribution in [1.82, 2.24) is 0 Å². The molecule has 0 heterocycles. The van der Waals surface area contributed by atoms with Crippen LogP contribution in [0.3, 0.4) is 0 Å². The fourth-order valence-corrected chi connectivity index (χ4v) is 5.83. The van der Waals surface area contributed by atoms with Crippen LogP contribution in [0.2, 0.25) is 0 Å². The van der Waals surface area contributed by atoms with Crippen LogP contribution in [0, 0.1) is 0 Å². The molecule has 0 aliphatic rings. The van der Waals surface area contributed by atoms with Crippen LogP contribution < -0.4 is 0 Å². The topological polar surface area (TPSA) is 63.6 Å². The van der Waals surface area contributed by atoms with Crippen LogP contribution in [0.15, 0.2) is 0 Å². The fourth-order valence-electron chi connectivity index (χ4n) is 4.60. The molecule has 0 fully saturated rings. The Kier molecular flexibility index (Phi) is 28.3. The van der Waals surface area contributed by atoms with Crippen LogP contribution in [0.5, 0.6) is 0 Å². The van der Waals surface area contributed by atoms with E-state index < -0.39 is 5.97 Å². The van der Waals surface area contributed by atoms with E-state index in [0.29, 0.717) is 19.4 Å². The Hall–Kier alpha value is -0.710. The zero-order valence-corrected chi connectivity index (χ0v) is 24.9. The van der Waals surface area contributed by atoms with E-state index in [1.54, 1.807) is 11.8 Å². The Labute approximate surface area is 228 Å². The van der Waals surface area contributed by atoms with Crippen molar-refractivity contribution in [3.05, 3.63) is 0 Å². The molecule has 4 nitrogen and oxygen atoms in total. The normalized spacial score (nSPS) is 12.1. The maximum Gasteiger partial charge on any atom is 0.306 e. The molecule has 0 amide bonds. The Morgan fingerprint density at radius 2 is 1.08 bits per heavy atom. The van der Waals surface area contributed by atoms with E-state index in [-0.39, 0.29) is 17.6 Å². The van der Waals surface area contributed by atoms with Crippen molar-refractivity contribution >= 4 is 23.7 Å². The molecule has 0 radical (unpaired) electrons. The molecule has 0 aromatic rings. The lowest BCUT2D eigenvalue weighted by Crippen LogP contribution is -2.15. The summed E-state index contributed by atoms with van der Waals surface area (Å²) in [5.41, 5.74) is 0. The lowest BCUT2D eigenvalue weighted by molar-refractivity contribution is -0.143. The number of ether oxygens (including phenoxy) is 1. The number of unbranched alkanes of at least 4 members (excludes halogenated alkanes) is 18. The van der Waals surface area contributed by atoms with E-state index in [1.165, 1.54) is 109 Å². The molecule has 0 saturated carbocycles. The van der Waals surface area contributed by atoms with Gasteiger partial charge in [0.1, 0.15) is 0 Å². The van der Waals surface area contributed by atoms with Gasteiger partial charge in [-0.05, 0) is 25.0 Å². The zero-order chi connectivity index (χ0) is 26.5. The second kappa shape index (κ2) is 28.9. The van der Waals surface area contributed by atoms with Crippen molar-refractivity contribution in [2.75, 3.05) is 12.4 Å². The highest BCUT2D eigenvalue weighted by molar-refractivity contribution is 7.99. The number of carboxylic acid groups (broad SMARTS) is 1. The minimum atomic E-state index is -0.738.